The molecule has 1 saturated heterocycles. The Balaban J connectivity index is 1.82. The van der Waals surface area contributed by atoms with E-state index in [2.05, 4.69) is 10.6 Å². The van der Waals surface area contributed by atoms with Gasteiger partial charge in [-0.05, 0) is 19.3 Å². The van der Waals surface area contributed by atoms with E-state index < -0.39 is 0 Å². The number of hydrogen-bond donors (Lipinski definition) is 2. The molecule has 2 fully saturated rings. The van der Waals surface area contributed by atoms with Crippen LogP contribution >= 0.6 is 0 Å². The van der Waals surface area contributed by atoms with Crippen molar-refractivity contribution in [3.05, 3.63) is 0 Å². The maximum absolute atomic E-state index is 11.9. The van der Waals surface area contributed by atoms with Crippen LogP contribution in [0.3, 0.4) is 0 Å². The molecule has 2 aliphatic rings. The van der Waals surface area contributed by atoms with Crippen molar-refractivity contribution in [1.82, 2.24) is 15.5 Å². The molecule has 2 N–H and O–H groups in total. The summed E-state index contributed by atoms with van der Waals surface area (Å²) in [5.74, 6) is 0.0345. The molecule has 2 amide bonds. The fraction of sp³-hybridized carbons (Fsp3) is 0.818. The van der Waals surface area contributed by atoms with E-state index in [9.17, 15) is 9.59 Å². The third kappa shape index (κ3) is 2.72. The first kappa shape index (κ1) is 11.4. The van der Waals surface area contributed by atoms with Crippen molar-refractivity contribution >= 4 is 11.8 Å². The Morgan fingerprint density at radius 3 is 2.94 bits per heavy atom. The second-order valence-electron chi connectivity index (χ2n) is 4.52. The van der Waals surface area contributed by atoms with Crippen LogP contribution in [-0.4, -0.2) is 48.4 Å². The van der Waals surface area contributed by atoms with Gasteiger partial charge < -0.3 is 15.5 Å². The maximum Gasteiger partial charge on any atom is 0.240 e. The number of carbonyl (C=O) groups is 2. The summed E-state index contributed by atoms with van der Waals surface area (Å²) in [6.07, 6.45) is 2.94. The number of rotatable bonds is 4. The van der Waals surface area contributed by atoms with E-state index in [4.69, 9.17) is 0 Å². The molecule has 1 unspecified atom stereocenters. The van der Waals surface area contributed by atoms with Gasteiger partial charge in [0.2, 0.25) is 11.8 Å². The zero-order chi connectivity index (χ0) is 11.5. The Labute approximate surface area is 95.6 Å². The number of piperazine rings is 1. The second kappa shape index (κ2) is 4.82. The zero-order valence-electron chi connectivity index (χ0n) is 9.66. The van der Waals surface area contributed by atoms with Gasteiger partial charge in [-0.15, -0.1) is 0 Å². The Bertz CT molecular complexity index is 289. The molecule has 1 aliphatic carbocycles. The summed E-state index contributed by atoms with van der Waals surface area (Å²) < 4.78 is 0. The summed E-state index contributed by atoms with van der Waals surface area (Å²) in [6.45, 7) is 3.60. The minimum Gasteiger partial charge on any atom is -0.352 e. The van der Waals surface area contributed by atoms with E-state index in [1.807, 2.05) is 6.92 Å². The molecule has 5 nitrogen and oxygen atoms in total. The number of nitrogens with one attached hydrogen (secondary N) is 2. The molecule has 0 aromatic carbocycles. The van der Waals surface area contributed by atoms with Gasteiger partial charge in [0.1, 0.15) is 0 Å². The Morgan fingerprint density at radius 1 is 1.56 bits per heavy atom. The van der Waals surface area contributed by atoms with Crippen molar-refractivity contribution in [3.63, 3.8) is 0 Å². The van der Waals surface area contributed by atoms with Crippen LogP contribution < -0.4 is 10.6 Å². The first-order chi connectivity index (χ1) is 7.70. The van der Waals surface area contributed by atoms with Crippen LogP contribution in [0.25, 0.3) is 0 Å². The largest absolute Gasteiger partial charge is 0.352 e. The molecule has 5 heteroatoms. The SMILES string of the molecule is CCC1NCCN(CC(=O)NC2CC2)C1=O. The summed E-state index contributed by atoms with van der Waals surface area (Å²) in [5.41, 5.74) is 0. The second-order valence-corrected chi connectivity index (χ2v) is 4.52. The van der Waals surface area contributed by atoms with Gasteiger partial charge in [0, 0.05) is 19.1 Å². The van der Waals surface area contributed by atoms with E-state index in [0.717, 1.165) is 25.8 Å². The lowest BCUT2D eigenvalue weighted by Crippen LogP contribution is -2.56. The smallest absolute Gasteiger partial charge is 0.240 e. The van der Waals surface area contributed by atoms with Gasteiger partial charge in [-0.25, -0.2) is 0 Å². The summed E-state index contributed by atoms with van der Waals surface area (Å²) in [7, 11) is 0. The Morgan fingerprint density at radius 2 is 2.31 bits per heavy atom. The van der Waals surface area contributed by atoms with Crippen molar-refractivity contribution < 1.29 is 9.59 Å². The van der Waals surface area contributed by atoms with Crippen LogP contribution in [0.5, 0.6) is 0 Å². The Kier molecular flexibility index (Phi) is 3.43. The molecule has 1 saturated carbocycles. The number of nitrogens with zero attached hydrogens (tertiary/aromatic N) is 1. The van der Waals surface area contributed by atoms with Crippen molar-refractivity contribution in [1.29, 1.82) is 0 Å². The van der Waals surface area contributed by atoms with Gasteiger partial charge in [-0.1, -0.05) is 6.92 Å². The average molecular weight is 225 g/mol. The Hall–Kier alpha value is -1.10. The molecular weight excluding hydrogens is 206 g/mol. The lowest BCUT2D eigenvalue weighted by molar-refractivity contribution is -0.139. The lowest BCUT2D eigenvalue weighted by atomic mass is 10.1. The van der Waals surface area contributed by atoms with Crippen LogP contribution in [-0.2, 0) is 9.59 Å². The third-order valence-electron chi connectivity index (χ3n) is 3.07. The van der Waals surface area contributed by atoms with Crippen LogP contribution in [0.15, 0.2) is 0 Å². The van der Waals surface area contributed by atoms with Crippen molar-refractivity contribution in [2.75, 3.05) is 19.6 Å². The van der Waals surface area contributed by atoms with E-state index in [1.165, 1.54) is 0 Å². The molecule has 16 heavy (non-hydrogen) atoms. The zero-order valence-corrected chi connectivity index (χ0v) is 9.66. The van der Waals surface area contributed by atoms with Crippen LogP contribution in [0.1, 0.15) is 26.2 Å². The molecule has 1 heterocycles. The van der Waals surface area contributed by atoms with Gasteiger partial charge in [-0.2, -0.15) is 0 Å². The van der Waals surface area contributed by atoms with Crippen molar-refractivity contribution in [2.45, 2.75) is 38.3 Å². The van der Waals surface area contributed by atoms with Gasteiger partial charge in [0.05, 0.1) is 12.6 Å². The highest BCUT2D eigenvalue weighted by Crippen LogP contribution is 2.18. The fourth-order valence-corrected chi connectivity index (χ4v) is 1.94. The minimum atomic E-state index is -0.109. The number of amides is 2. The lowest BCUT2D eigenvalue weighted by Gasteiger charge is -2.32. The molecule has 2 rings (SSSR count). The highest BCUT2D eigenvalue weighted by Gasteiger charge is 2.29. The average Bonchev–Trinajstić information content (AvgIpc) is 3.05. The minimum absolute atomic E-state index is 0.0207. The summed E-state index contributed by atoms with van der Waals surface area (Å²) in [4.78, 5) is 25.1. The normalized spacial score (nSPS) is 25.7. The molecule has 0 radical (unpaired) electrons. The molecule has 1 atom stereocenters. The highest BCUT2D eigenvalue weighted by molar-refractivity contribution is 5.88. The number of hydrogen-bond acceptors (Lipinski definition) is 3. The van der Waals surface area contributed by atoms with E-state index in [1.54, 1.807) is 4.90 Å². The quantitative estimate of drug-likeness (QED) is 0.676. The van der Waals surface area contributed by atoms with Gasteiger partial charge in [-0.3, -0.25) is 9.59 Å². The van der Waals surface area contributed by atoms with Crippen molar-refractivity contribution in [3.8, 4) is 0 Å². The molecule has 90 valence electrons. The maximum atomic E-state index is 11.9. The first-order valence-corrected chi connectivity index (χ1v) is 6.02. The molecule has 0 aromatic heterocycles. The predicted molar refractivity (Wildman–Crippen MR) is 59.8 cm³/mol. The summed E-state index contributed by atoms with van der Waals surface area (Å²) >= 11 is 0. The third-order valence-corrected chi connectivity index (χ3v) is 3.07. The first-order valence-electron chi connectivity index (χ1n) is 6.02. The molecular formula is C11H19N3O2. The highest BCUT2D eigenvalue weighted by atomic mass is 16.2. The summed E-state index contributed by atoms with van der Waals surface area (Å²) in [6, 6.07) is 0.259. The predicted octanol–water partition coefficient (Wildman–Crippen LogP) is -0.525. The van der Waals surface area contributed by atoms with Crippen LogP contribution in [0, 0.1) is 0 Å². The van der Waals surface area contributed by atoms with E-state index in [0.29, 0.717) is 12.6 Å². The van der Waals surface area contributed by atoms with Gasteiger partial charge >= 0.3 is 0 Å². The van der Waals surface area contributed by atoms with Crippen LogP contribution in [0.2, 0.25) is 0 Å². The fourth-order valence-electron chi connectivity index (χ4n) is 1.94. The van der Waals surface area contributed by atoms with Gasteiger partial charge in [0.25, 0.3) is 0 Å². The standard InChI is InChI=1S/C11H19N3O2/c1-2-9-11(16)14(6-5-12-9)7-10(15)13-8-3-4-8/h8-9,12H,2-7H2,1H3,(H,13,15). The number of carbonyl (C=O) groups excluding carboxylic acids is 2. The van der Waals surface area contributed by atoms with Crippen molar-refractivity contribution in [2.24, 2.45) is 0 Å². The van der Waals surface area contributed by atoms with Crippen LogP contribution in [0.4, 0.5) is 0 Å². The molecule has 0 aromatic rings. The molecule has 0 bridgehead atoms. The van der Waals surface area contributed by atoms with Gasteiger partial charge in [0.15, 0.2) is 0 Å². The molecule has 0 spiro atoms. The van der Waals surface area contributed by atoms with E-state index in [-0.39, 0.29) is 24.4 Å². The summed E-state index contributed by atoms with van der Waals surface area (Å²) in [5, 5.41) is 6.05. The monoisotopic (exact) mass is 225 g/mol. The van der Waals surface area contributed by atoms with E-state index >= 15 is 0 Å². The molecule has 1 aliphatic heterocycles. The topological polar surface area (TPSA) is 61.4 Å².